The van der Waals surface area contributed by atoms with Gasteiger partial charge < -0.3 is 29.5 Å². The molecule has 4 rings (SSSR count). The lowest BCUT2D eigenvalue weighted by molar-refractivity contribution is -0.140. The molecule has 0 unspecified atom stereocenters. The van der Waals surface area contributed by atoms with Gasteiger partial charge in [-0.2, -0.15) is 0 Å². The topological polar surface area (TPSA) is 99.5 Å². The summed E-state index contributed by atoms with van der Waals surface area (Å²) in [5.74, 6) is -0.891. The van der Waals surface area contributed by atoms with Gasteiger partial charge in [-0.05, 0) is 75.0 Å². The van der Waals surface area contributed by atoms with E-state index in [9.17, 15) is 19.8 Å². The Labute approximate surface area is 228 Å². The number of aromatic hydroxyl groups is 1. The number of aliphatic hydroxyl groups excluding tert-OH is 1. The van der Waals surface area contributed by atoms with E-state index in [1.54, 1.807) is 37.3 Å². The van der Waals surface area contributed by atoms with Gasteiger partial charge in [-0.1, -0.05) is 36.4 Å². The lowest BCUT2D eigenvalue weighted by Gasteiger charge is -2.27. The number of aryl methyl sites for hydroxylation is 1. The minimum Gasteiger partial charge on any atom is -0.507 e. The number of phenols is 1. The van der Waals surface area contributed by atoms with Gasteiger partial charge in [0.15, 0.2) is 11.5 Å². The van der Waals surface area contributed by atoms with Crippen molar-refractivity contribution in [2.45, 2.75) is 26.5 Å². The van der Waals surface area contributed by atoms with E-state index in [1.807, 2.05) is 56.3 Å². The standard InChI is InChI=1S/C31H34N2O6/c1-5-38-26-18-22(11-14-25(26)34)28-27(30(36)31(37)33(28)16-15-32(3)4)29(35)24-13-12-23(17-20(24)2)39-19-21-9-7-6-8-10-21/h6-14,17-18,28,34-35H,5,15-16,19H2,1-4H3/b29-27+/t28-/m1/s1. The third-order valence-corrected chi connectivity index (χ3v) is 6.63. The van der Waals surface area contributed by atoms with Crippen LogP contribution in [0, 0.1) is 6.92 Å². The fourth-order valence-corrected chi connectivity index (χ4v) is 4.61. The number of likely N-dealkylation sites (tertiary alicyclic amines) is 1. The molecular weight excluding hydrogens is 496 g/mol. The van der Waals surface area contributed by atoms with E-state index in [0.29, 0.717) is 42.2 Å². The molecule has 0 spiro atoms. The molecule has 0 aromatic heterocycles. The summed E-state index contributed by atoms with van der Waals surface area (Å²) in [5.41, 5.74) is 2.70. The van der Waals surface area contributed by atoms with Crippen LogP contribution in [0.2, 0.25) is 0 Å². The highest BCUT2D eigenvalue weighted by Crippen LogP contribution is 2.42. The maximum atomic E-state index is 13.3. The average Bonchev–Trinajstić information content (AvgIpc) is 3.17. The maximum absolute atomic E-state index is 13.3. The number of ketones is 1. The SMILES string of the molecule is CCOc1cc([C@@H]2/C(=C(\O)c3ccc(OCc4ccccc4)cc3C)C(=O)C(=O)N2CCN(C)C)ccc1O. The van der Waals surface area contributed by atoms with Crippen LogP contribution in [0.4, 0.5) is 0 Å². The Bertz CT molecular complexity index is 1380. The monoisotopic (exact) mass is 530 g/mol. The second-order valence-corrected chi connectivity index (χ2v) is 9.71. The molecule has 1 atom stereocenters. The molecule has 8 nitrogen and oxygen atoms in total. The summed E-state index contributed by atoms with van der Waals surface area (Å²) >= 11 is 0. The molecule has 3 aromatic rings. The predicted octanol–water partition coefficient (Wildman–Crippen LogP) is 4.66. The molecule has 0 bridgehead atoms. The van der Waals surface area contributed by atoms with Crippen LogP contribution < -0.4 is 9.47 Å². The van der Waals surface area contributed by atoms with Gasteiger partial charge in [0.05, 0.1) is 18.2 Å². The third kappa shape index (κ3) is 6.07. The van der Waals surface area contributed by atoms with Crippen molar-refractivity contribution in [3.05, 3.63) is 94.6 Å². The van der Waals surface area contributed by atoms with Crippen LogP contribution in [0.25, 0.3) is 5.76 Å². The summed E-state index contributed by atoms with van der Waals surface area (Å²) < 4.78 is 11.5. The molecule has 1 aliphatic heterocycles. The van der Waals surface area contributed by atoms with Crippen LogP contribution in [0.5, 0.6) is 17.2 Å². The first-order valence-electron chi connectivity index (χ1n) is 12.9. The van der Waals surface area contributed by atoms with Gasteiger partial charge >= 0.3 is 0 Å². The van der Waals surface area contributed by atoms with Crippen molar-refractivity contribution in [1.29, 1.82) is 0 Å². The molecule has 39 heavy (non-hydrogen) atoms. The Balaban J connectivity index is 1.74. The Morgan fingerprint density at radius 3 is 2.41 bits per heavy atom. The average molecular weight is 531 g/mol. The molecule has 3 aromatic carbocycles. The summed E-state index contributed by atoms with van der Waals surface area (Å²) in [6, 6.07) is 18.9. The molecule has 0 saturated carbocycles. The number of amides is 1. The van der Waals surface area contributed by atoms with E-state index >= 15 is 0 Å². The normalized spacial score (nSPS) is 16.6. The third-order valence-electron chi connectivity index (χ3n) is 6.63. The molecule has 1 aliphatic rings. The van der Waals surface area contributed by atoms with Crippen LogP contribution >= 0.6 is 0 Å². The number of carbonyl (C=O) groups is 2. The molecule has 1 amide bonds. The van der Waals surface area contributed by atoms with Crippen molar-refractivity contribution in [3.8, 4) is 17.2 Å². The van der Waals surface area contributed by atoms with Gasteiger partial charge in [0.1, 0.15) is 18.1 Å². The summed E-state index contributed by atoms with van der Waals surface area (Å²) in [4.78, 5) is 29.9. The fourth-order valence-electron chi connectivity index (χ4n) is 4.61. The van der Waals surface area contributed by atoms with E-state index in [2.05, 4.69) is 0 Å². The summed E-state index contributed by atoms with van der Waals surface area (Å²) in [5, 5.41) is 21.7. The van der Waals surface area contributed by atoms with Crippen LogP contribution in [-0.2, 0) is 16.2 Å². The van der Waals surface area contributed by atoms with Crippen molar-refractivity contribution < 1.29 is 29.3 Å². The molecular formula is C31H34N2O6. The van der Waals surface area contributed by atoms with Gasteiger partial charge in [0.2, 0.25) is 0 Å². The number of aliphatic hydroxyl groups is 1. The Morgan fingerprint density at radius 1 is 1.00 bits per heavy atom. The second kappa shape index (κ2) is 12.0. The van der Waals surface area contributed by atoms with Gasteiger partial charge in [-0.15, -0.1) is 0 Å². The number of nitrogens with zero attached hydrogens (tertiary/aromatic N) is 2. The van der Waals surface area contributed by atoms with Crippen LogP contribution in [0.15, 0.2) is 72.3 Å². The highest BCUT2D eigenvalue weighted by Gasteiger charge is 2.46. The lowest BCUT2D eigenvalue weighted by Crippen LogP contribution is -2.35. The fraction of sp³-hybridized carbons (Fsp3) is 0.290. The zero-order valence-electron chi connectivity index (χ0n) is 22.7. The molecule has 1 heterocycles. The van der Waals surface area contributed by atoms with Gasteiger partial charge in [0.25, 0.3) is 11.7 Å². The lowest BCUT2D eigenvalue weighted by atomic mass is 9.93. The van der Waals surface area contributed by atoms with Gasteiger partial charge in [-0.25, -0.2) is 0 Å². The first-order valence-corrected chi connectivity index (χ1v) is 12.9. The van der Waals surface area contributed by atoms with Gasteiger partial charge in [-0.3, -0.25) is 9.59 Å². The summed E-state index contributed by atoms with van der Waals surface area (Å²) in [6.07, 6.45) is 0. The van der Waals surface area contributed by atoms with Gasteiger partial charge in [0, 0.05) is 18.7 Å². The van der Waals surface area contributed by atoms with E-state index in [0.717, 1.165) is 5.56 Å². The Morgan fingerprint density at radius 2 is 1.74 bits per heavy atom. The minimum absolute atomic E-state index is 0.00653. The van der Waals surface area contributed by atoms with Crippen molar-refractivity contribution in [3.63, 3.8) is 0 Å². The molecule has 0 radical (unpaired) electrons. The Kier molecular flexibility index (Phi) is 8.56. The van der Waals surface area contributed by atoms with E-state index < -0.39 is 17.7 Å². The number of likely N-dealkylation sites (N-methyl/N-ethyl adjacent to an activating group) is 1. The maximum Gasteiger partial charge on any atom is 0.295 e. The quantitative estimate of drug-likeness (QED) is 0.223. The van der Waals surface area contributed by atoms with Crippen LogP contribution in [0.3, 0.4) is 0 Å². The second-order valence-electron chi connectivity index (χ2n) is 9.71. The number of Topliss-reactive ketones (excluding diaryl/α,β-unsaturated/α-hetero) is 1. The molecule has 0 aliphatic carbocycles. The highest BCUT2D eigenvalue weighted by molar-refractivity contribution is 6.46. The van der Waals surface area contributed by atoms with Crippen molar-refractivity contribution in [1.82, 2.24) is 9.80 Å². The Hall–Kier alpha value is -4.30. The molecule has 1 fully saturated rings. The van der Waals surface area contributed by atoms with E-state index in [1.165, 1.54) is 11.0 Å². The van der Waals surface area contributed by atoms with Crippen molar-refractivity contribution in [2.24, 2.45) is 0 Å². The summed E-state index contributed by atoms with van der Waals surface area (Å²) in [7, 11) is 3.76. The largest absolute Gasteiger partial charge is 0.507 e. The number of hydrogen-bond acceptors (Lipinski definition) is 7. The van der Waals surface area contributed by atoms with Crippen molar-refractivity contribution in [2.75, 3.05) is 33.8 Å². The summed E-state index contributed by atoms with van der Waals surface area (Å²) in [6.45, 7) is 5.13. The first kappa shape index (κ1) is 27.7. The highest BCUT2D eigenvalue weighted by atomic mass is 16.5. The zero-order valence-corrected chi connectivity index (χ0v) is 22.7. The van der Waals surface area contributed by atoms with Crippen LogP contribution in [0.1, 0.15) is 35.2 Å². The minimum atomic E-state index is -0.849. The molecule has 204 valence electrons. The smallest absolute Gasteiger partial charge is 0.295 e. The zero-order chi connectivity index (χ0) is 28.1. The number of hydrogen-bond donors (Lipinski definition) is 2. The first-order chi connectivity index (χ1) is 18.7. The predicted molar refractivity (Wildman–Crippen MR) is 149 cm³/mol. The molecule has 2 N–H and O–H groups in total. The van der Waals surface area contributed by atoms with Crippen molar-refractivity contribution >= 4 is 17.4 Å². The number of benzene rings is 3. The number of ether oxygens (including phenoxy) is 2. The van der Waals surface area contributed by atoms with Crippen LogP contribution in [-0.4, -0.2) is 65.5 Å². The number of rotatable bonds is 10. The van der Waals surface area contributed by atoms with E-state index in [-0.39, 0.29) is 29.4 Å². The molecule has 8 heteroatoms. The molecule has 1 saturated heterocycles. The van der Waals surface area contributed by atoms with E-state index in [4.69, 9.17) is 9.47 Å². The number of carbonyl (C=O) groups excluding carboxylic acids is 2. The number of phenolic OH excluding ortho intramolecular Hbond substituents is 1.